The number of fused-ring (bicyclic) bond motifs is 12. The van der Waals surface area contributed by atoms with Gasteiger partial charge in [-0.15, -0.1) is 0 Å². The molecule has 1 nitrogen and oxygen atoms in total. The van der Waals surface area contributed by atoms with Crippen LogP contribution in [0.4, 0.5) is 0 Å². The van der Waals surface area contributed by atoms with E-state index < -0.39 is 5.41 Å². The summed E-state index contributed by atoms with van der Waals surface area (Å²) in [7, 11) is 0. The molecule has 0 bridgehead atoms. The first-order valence-corrected chi connectivity index (χ1v) is 21.4. The minimum Gasteiger partial charge on any atom is -0.309 e. The van der Waals surface area contributed by atoms with Crippen molar-refractivity contribution in [3.63, 3.8) is 0 Å². The molecular weight excluding hydrogens is 735 g/mol. The highest BCUT2D eigenvalue weighted by Crippen LogP contribution is 2.62. The van der Waals surface area contributed by atoms with Gasteiger partial charge in [0.15, 0.2) is 0 Å². The van der Waals surface area contributed by atoms with E-state index in [0.29, 0.717) is 0 Å². The van der Waals surface area contributed by atoms with E-state index in [1.807, 2.05) is 0 Å². The van der Waals surface area contributed by atoms with Gasteiger partial charge in [0.2, 0.25) is 0 Å². The van der Waals surface area contributed by atoms with Crippen molar-refractivity contribution in [3.05, 3.63) is 269 Å². The van der Waals surface area contributed by atoms with Crippen molar-refractivity contribution in [2.45, 2.75) is 11.3 Å². The number of hydrogen-bond donors (Lipinski definition) is 0. The van der Waals surface area contributed by atoms with Crippen LogP contribution in [-0.4, -0.2) is 4.57 Å². The van der Waals surface area contributed by atoms with Crippen molar-refractivity contribution in [1.29, 1.82) is 0 Å². The monoisotopic (exact) mass is 773 g/mol. The van der Waals surface area contributed by atoms with Gasteiger partial charge in [-0.3, -0.25) is 0 Å². The van der Waals surface area contributed by atoms with E-state index in [9.17, 15) is 0 Å². The highest BCUT2D eigenvalue weighted by molar-refractivity contribution is 6.10. The lowest BCUT2D eigenvalue weighted by Gasteiger charge is -2.40. The summed E-state index contributed by atoms with van der Waals surface area (Å²) in [5.74, 6) is -0.0677. The van der Waals surface area contributed by atoms with Crippen molar-refractivity contribution in [3.8, 4) is 39.1 Å². The molecule has 10 aromatic carbocycles. The normalized spacial score (nSPS) is 13.6. The van der Waals surface area contributed by atoms with E-state index in [1.54, 1.807) is 0 Å². The first-order valence-electron chi connectivity index (χ1n) is 21.4. The molecule has 0 amide bonds. The molecule has 1 aromatic heterocycles. The van der Waals surface area contributed by atoms with Crippen LogP contribution in [0.25, 0.3) is 71.6 Å². The molecule has 11 aromatic rings. The van der Waals surface area contributed by atoms with Crippen LogP contribution in [0.5, 0.6) is 0 Å². The number of hydrogen-bond acceptors (Lipinski definition) is 0. The summed E-state index contributed by atoms with van der Waals surface area (Å²) in [6.45, 7) is 0. The van der Waals surface area contributed by atoms with Crippen LogP contribution >= 0.6 is 0 Å². The maximum Gasteiger partial charge on any atom is 0.0725 e. The number of rotatable bonds is 5. The topological polar surface area (TPSA) is 4.93 Å². The summed E-state index contributed by atoms with van der Waals surface area (Å²) in [6, 6.07) is 86.4. The highest BCUT2D eigenvalue weighted by atomic mass is 15.0. The third-order valence-corrected chi connectivity index (χ3v) is 13.7. The molecule has 1 atom stereocenters. The number of nitrogens with zero attached hydrogens (tertiary/aromatic N) is 1. The largest absolute Gasteiger partial charge is 0.309 e. The molecule has 1 heterocycles. The van der Waals surface area contributed by atoms with Crippen LogP contribution in [-0.2, 0) is 5.41 Å². The summed E-state index contributed by atoms with van der Waals surface area (Å²) in [4.78, 5) is 0. The smallest absolute Gasteiger partial charge is 0.0725 e. The van der Waals surface area contributed by atoms with Crippen molar-refractivity contribution >= 4 is 32.6 Å². The van der Waals surface area contributed by atoms with Gasteiger partial charge in [-0.2, -0.15) is 0 Å². The third-order valence-electron chi connectivity index (χ3n) is 13.7. The van der Waals surface area contributed by atoms with E-state index in [2.05, 4.69) is 235 Å². The van der Waals surface area contributed by atoms with Gasteiger partial charge in [-0.05, 0) is 113 Å². The Bertz CT molecular complexity index is 3490. The molecule has 0 radical (unpaired) electrons. The molecule has 2 aliphatic carbocycles. The molecule has 0 aliphatic heterocycles. The van der Waals surface area contributed by atoms with Crippen molar-refractivity contribution < 1.29 is 0 Å². The summed E-state index contributed by atoms with van der Waals surface area (Å²) in [5.41, 5.74) is 20.1. The Morgan fingerprint density at radius 2 is 0.902 bits per heavy atom. The summed E-state index contributed by atoms with van der Waals surface area (Å²) >= 11 is 0. The van der Waals surface area contributed by atoms with Gasteiger partial charge in [0, 0.05) is 22.4 Å². The Morgan fingerprint density at radius 1 is 0.344 bits per heavy atom. The maximum atomic E-state index is 2.59. The van der Waals surface area contributed by atoms with E-state index in [1.165, 1.54) is 111 Å². The van der Waals surface area contributed by atoms with E-state index >= 15 is 0 Å². The number of benzene rings is 10. The molecule has 1 spiro atoms. The van der Waals surface area contributed by atoms with Gasteiger partial charge >= 0.3 is 0 Å². The second-order valence-corrected chi connectivity index (χ2v) is 16.7. The molecule has 0 fully saturated rings. The molecular formula is C60H39N. The van der Waals surface area contributed by atoms with E-state index in [0.717, 1.165) is 0 Å². The predicted molar refractivity (Wildman–Crippen MR) is 254 cm³/mol. The summed E-state index contributed by atoms with van der Waals surface area (Å²) < 4.78 is 2.41. The van der Waals surface area contributed by atoms with E-state index in [-0.39, 0.29) is 5.92 Å². The molecule has 0 saturated heterocycles. The van der Waals surface area contributed by atoms with Gasteiger partial charge < -0.3 is 4.57 Å². The van der Waals surface area contributed by atoms with Crippen LogP contribution in [0.15, 0.2) is 231 Å². The third kappa shape index (κ3) is 4.78. The first kappa shape index (κ1) is 34.2. The zero-order valence-corrected chi connectivity index (χ0v) is 33.5. The fourth-order valence-electron chi connectivity index (χ4n) is 11.3. The Labute approximate surface area is 355 Å². The van der Waals surface area contributed by atoms with Crippen molar-refractivity contribution in [2.75, 3.05) is 0 Å². The fraction of sp³-hybridized carbons (Fsp3) is 0.0333. The van der Waals surface area contributed by atoms with Gasteiger partial charge in [-0.25, -0.2) is 0 Å². The SMILES string of the molecule is c1ccc(-c2ccccc2C(c2ccc3c(c2)C2(c4ccccc4-c4ccccc42)c2cccc4cccc-3c24)c2ccc3c(c2)c2ccccc2n3-c2ccccc2)cc1. The van der Waals surface area contributed by atoms with Crippen molar-refractivity contribution in [1.82, 2.24) is 4.57 Å². The molecule has 1 heteroatoms. The van der Waals surface area contributed by atoms with Crippen LogP contribution in [0.1, 0.15) is 44.9 Å². The Balaban J connectivity index is 1.13. The minimum atomic E-state index is -0.497. The average molecular weight is 774 g/mol. The average Bonchev–Trinajstić information content (AvgIpc) is 3.82. The van der Waals surface area contributed by atoms with Crippen LogP contribution in [0.3, 0.4) is 0 Å². The second-order valence-electron chi connectivity index (χ2n) is 16.7. The zero-order chi connectivity index (χ0) is 40.1. The quantitative estimate of drug-likeness (QED) is 0.154. The van der Waals surface area contributed by atoms with Gasteiger partial charge in [0.25, 0.3) is 0 Å². The zero-order valence-electron chi connectivity index (χ0n) is 33.5. The fourth-order valence-corrected chi connectivity index (χ4v) is 11.3. The predicted octanol–water partition coefficient (Wildman–Crippen LogP) is 15.1. The van der Waals surface area contributed by atoms with Crippen LogP contribution in [0, 0.1) is 0 Å². The second kappa shape index (κ2) is 13.1. The lowest BCUT2D eigenvalue weighted by Crippen LogP contribution is -2.32. The van der Waals surface area contributed by atoms with Gasteiger partial charge in [-0.1, -0.05) is 200 Å². The Morgan fingerprint density at radius 3 is 1.69 bits per heavy atom. The number of aromatic nitrogens is 1. The molecule has 13 rings (SSSR count). The standard InChI is InChI=1S/C60H39N/c1-3-17-39(18-4-1)44-23-7-8-27-49(44)58(41-34-36-57-51(37-41)48-26-11-14-32-56(48)61(57)43-21-5-2-6-22-43)42-33-35-47-50-28-15-19-40-20-16-31-54(59(40)50)60(55(47)38-42)52-29-12-9-24-45(52)46-25-10-13-30-53(46)60/h1-38,58H. The summed E-state index contributed by atoms with van der Waals surface area (Å²) in [5, 5.41) is 5.14. The molecule has 2 aliphatic rings. The highest BCUT2D eigenvalue weighted by Gasteiger charge is 2.50. The molecule has 0 saturated carbocycles. The summed E-state index contributed by atoms with van der Waals surface area (Å²) in [6.07, 6.45) is 0. The lowest BCUT2D eigenvalue weighted by molar-refractivity contribution is 0.769. The molecule has 0 N–H and O–H groups in total. The lowest BCUT2D eigenvalue weighted by atomic mass is 9.61. The maximum absolute atomic E-state index is 2.59. The van der Waals surface area contributed by atoms with Gasteiger partial charge in [0.1, 0.15) is 0 Å². The molecule has 1 unspecified atom stereocenters. The van der Waals surface area contributed by atoms with Gasteiger partial charge in [0.05, 0.1) is 16.4 Å². The minimum absolute atomic E-state index is 0.0677. The Kier molecular flexibility index (Phi) is 7.35. The number of para-hydroxylation sites is 2. The first-order chi connectivity index (χ1) is 30.3. The molecule has 284 valence electrons. The van der Waals surface area contributed by atoms with Crippen LogP contribution < -0.4 is 0 Å². The van der Waals surface area contributed by atoms with Crippen molar-refractivity contribution in [2.24, 2.45) is 0 Å². The van der Waals surface area contributed by atoms with Crippen LogP contribution in [0.2, 0.25) is 0 Å². The molecule has 61 heavy (non-hydrogen) atoms. The Hall–Kier alpha value is -7.74. The van der Waals surface area contributed by atoms with E-state index in [4.69, 9.17) is 0 Å².